The monoisotopic (exact) mass is 473 g/mol. The maximum absolute atomic E-state index is 8.90. The van der Waals surface area contributed by atoms with E-state index in [1.54, 1.807) is 24.8 Å². The molecule has 0 spiro atoms. The molecule has 12 heteroatoms. The van der Waals surface area contributed by atoms with Crippen LogP contribution in [0.4, 0.5) is 0 Å². The highest BCUT2D eigenvalue weighted by Gasteiger charge is 2.25. The quantitative estimate of drug-likeness (QED) is 0.102. The largest absolute Gasteiger partial charge is 0.492 e. The van der Waals surface area contributed by atoms with Crippen molar-refractivity contribution in [3.8, 4) is 0 Å². The first-order chi connectivity index (χ1) is 15.5. The van der Waals surface area contributed by atoms with Gasteiger partial charge in [0.1, 0.15) is 5.71 Å². The molecule has 2 aromatic heterocycles. The number of thiocarbonyl (C=S) groups is 1. The Balaban J connectivity index is 1.71. The molecule has 2 aromatic rings. The van der Waals surface area contributed by atoms with Crippen LogP contribution in [0, 0.1) is 0 Å². The first kappa shape index (κ1) is 25.4. The minimum Gasteiger partial charge on any atom is -0.390 e. The number of aliphatic imine (C=N–C) groups is 1. The molecule has 170 valence electrons. The van der Waals surface area contributed by atoms with Gasteiger partial charge in [-0.3, -0.25) is 25.8 Å². The first-order valence-electron chi connectivity index (χ1n) is 10.1. The minimum absolute atomic E-state index is 0.00583. The van der Waals surface area contributed by atoms with Crippen LogP contribution in [0.15, 0.2) is 64.0 Å². The highest BCUT2D eigenvalue weighted by molar-refractivity contribution is 7.80. The van der Waals surface area contributed by atoms with E-state index in [2.05, 4.69) is 36.0 Å². The second kappa shape index (κ2) is 14.2. The smallest absolute Gasteiger partial charge is 0.390 e. The molecule has 0 unspecified atom stereocenters. The van der Waals surface area contributed by atoms with E-state index >= 15 is 0 Å². The summed E-state index contributed by atoms with van der Waals surface area (Å²) in [6.07, 6.45) is 9.69. The Morgan fingerprint density at radius 1 is 0.938 bits per heavy atom. The summed E-state index contributed by atoms with van der Waals surface area (Å²) in [5, 5.41) is 8.65. The molecule has 0 radical (unpaired) electrons. The van der Waals surface area contributed by atoms with E-state index in [-0.39, 0.29) is 11.2 Å². The Bertz CT molecular complexity index is 865. The Labute approximate surface area is 193 Å². The van der Waals surface area contributed by atoms with Gasteiger partial charge in [0.25, 0.3) is 0 Å². The molecule has 0 amide bonds. The zero-order chi connectivity index (χ0) is 23.1. The summed E-state index contributed by atoms with van der Waals surface area (Å²) >= 11 is 5.20. The first-order valence-corrected chi connectivity index (χ1v) is 12.5. The molecule has 0 fully saturated rings. The van der Waals surface area contributed by atoms with Crippen LogP contribution in [0.5, 0.6) is 0 Å². The van der Waals surface area contributed by atoms with Gasteiger partial charge in [-0.1, -0.05) is 12.1 Å². The number of unbranched alkanes of at least 4 members (excludes halogenated alkanes) is 2. The van der Waals surface area contributed by atoms with Crippen molar-refractivity contribution >= 4 is 44.3 Å². The summed E-state index contributed by atoms with van der Waals surface area (Å²) < 4.78 is 0. The van der Waals surface area contributed by atoms with Crippen LogP contribution >= 0.6 is 12.2 Å². The molecule has 0 saturated carbocycles. The maximum Gasteiger partial charge on any atom is 0.492 e. The van der Waals surface area contributed by atoms with Gasteiger partial charge in [0, 0.05) is 31.2 Å². The highest BCUT2D eigenvalue weighted by Crippen LogP contribution is 2.05. The fraction of sp³-hybridized carbons (Fsp3) is 0.300. The lowest BCUT2D eigenvalue weighted by Gasteiger charge is -2.07. The number of rotatable bonds is 12. The van der Waals surface area contributed by atoms with E-state index in [0.29, 0.717) is 30.1 Å². The zero-order valence-corrected chi connectivity index (χ0v) is 19.3. The summed E-state index contributed by atoms with van der Waals surface area (Å²) in [6, 6.07) is 11.1. The van der Waals surface area contributed by atoms with E-state index in [4.69, 9.17) is 26.6 Å². The second-order valence-corrected chi connectivity index (χ2v) is 9.11. The lowest BCUT2D eigenvalue weighted by molar-refractivity contribution is 0.227. The molecule has 5 N–H and O–H groups in total. The molecule has 0 aromatic carbocycles. The number of nitrogens with zero attached hydrogens (tertiary/aromatic N) is 5. The Hall–Kier alpha value is -2.90. The predicted molar refractivity (Wildman–Crippen MR) is 131 cm³/mol. The molecule has 0 aliphatic carbocycles. The number of hydrogen-bond acceptors (Lipinski definition) is 9. The molecular weight excluding hydrogens is 446 g/mol. The highest BCUT2D eigenvalue weighted by atomic mass is 32.1. The van der Waals surface area contributed by atoms with Crippen molar-refractivity contribution in [3.63, 3.8) is 0 Å². The van der Waals surface area contributed by atoms with E-state index in [0.717, 1.165) is 19.3 Å². The van der Waals surface area contributed by atoms with Crippen molar-refractivity contribution in [1.29, 1.82) is 0 Å². The number of aromatic nitrogens is 2. The van der Waals surface area contributed by atoms with Crippen molar-refractivity contribution in [1.82, 2.24) is 20.8 Å². The van der Waals surface area contributed by atoms with Gasteiger partial charge in [-0.25, -0.2) is 0 Å². The molecule has 2 rings (SSSR count). The standard InChI is InChI=1S/C20H27N7O3SSi/c28-32(29,30)16-8-12-21-11-4-1-5-15-24-26-20(31)27-25-19(17-9-2-6-13-22-17)18-10-3-7-14-23-18/h2-3,6-7,9-11,13-15,28-30H,1,4-5,8,12,16H2,(H2,26,27,31)/b21-11?,24-15+. The van der Waals surface area contributed by atoms with Crippen LogP contribution in [0.3, 0.4) is 0 Å². The van der Waals surface area contributed by atoms with Crippen LogP contribution in [-0.4, -0.2) is 63.0 Å². The van der Waals surface area contributed by atoms with Crippen molar-refractivity contribution < 1.29 is 14.4 Å². The Kier molecular flexibility index (Phi) is 11.3. The molecule has 0 saturated heterocycles. The summed E-state index contributed by atoms with van der Waals surface area (Å²) in [5.41, 5.74) is 7.37. The average Bonchev–Trinajstić information content (AvgIpc) is 2.78. The third-order valence-corrected chi connectivity index (χ3v) is 5.14. The van der Waals surface area contributed by atoms with E-state index in [9.17, 15) is 0 Å². The fourth-order valence-corrected chi connectivity index (χ4v) is 3.17. The summed E-state index contributed by atoms with van der Waals surface area (Å²) in [6.45, 7) is 0.464. The van der Waals surface area contributed by atoms with Gasteiger partial charge in [-0.15, -0.1) is 0 Å². The predicted octanol–water partition coefficient (Wildman–Crippen LogP) is 1.23. The lowest BCUT2D eigenvalue weighted by atomic mass is 10.1. The number of nitrogens with one attached hydrogen (secondary N) is 2. The second-order valence-electron chi connectivity index (χ2n) is 6.65. The van der Waals surface area contributed by atoms with E-state index < -0.39 is 8.80 Å². The van der Waals surface area contributed by atoms with Crippen molar-refractivity contribution in [2.24, 2.45) is 15.2 Å². The molecule has 0 aliphatic heterocycles. The normalized spacial score (nSPS) is 11.6. The van der Waals surface area contributed by atoms with Gasteiger partial charge in [0.2, 0.25) is 5.11 Å². The van der Waals surface area contributed by atoms with Gasteiger partial charge in [0.15, 0.2) is 0 Å². The third-order valence-electron chi connectivity index (χ3n) is 3.94. The zero-order valence-electron chi connectivity index (χ0n) is 17.5. The lowest BCUT2D eigenvalue weighted by Crippen LogP contribution is -2.34. The van der Waals surface area contributed by atoms with Crippen LogP contribution in [0.25, 0.3) is 0 Å². The number of hydrazone groups is 2. The summed E-state index contributed by atoms with van der Waals surface area (Å²) in [7, 11) is -3.93. The van der Waals surface area contributed by atoms with Crippen LogP contribution in [0.2, 0.25) is 6.04 Å². The van der Waals surface area contributed by atoms with Gasteiger partial charge in [-0.2, -0.15) is 10.2 Å². The Morgan fingerprint density at radius 2 is 1.59 bits per heavy atom. The fourth-order valence-electron chi connectivity index (χ4n) is 2.44. The molecule has 2 heterocycles. The van der Waals surface area contributed by atoms with Crippen molar-refractivity contribution in [2.45, 2.75) is 31.7 Å². The average molecular weight is 474 g/mol. The van der Waals surface area contributed by atoms with Crippen molar-refractivity contribution in [2.75, 3.05) is 6.54 Å². The van der Waals surface area contributed by atoms with Crippen LogP contribution in [-0.2, 0) is 0 Å². The molecule has 0 atom stereocenters. The SMILES string of the molecule is O[Si](O)(O)CCCN=CCCC/C=N/NC(=S)NN=C(c1ccccn1)c1ccccn1. The molecule has 0 bridgehead atoms. The topological polar surface area (TPSA) is 148 Å². The summed E-state index contributed by atoms with van der Waals surface area (Å²) in [5.74, 6) is 0. The van der Waals surface area contributed by atoms with Gasteiger partial charge in [0.05, 0.1) is 11.4 Å². The van der Waals surface area contributed by atoms with Crippen LogP contribution in [0.1, 0.15) is 37.1 Å². The number of pyridine rings is 2. The molecule has 0 aliphatic rings. The van der Waals surface area contributed by atoms with Gasteiger partial charge >= 0.3 is 8.80 Å². The van der Waals surface area contributed by atoms with E-state index in [1.807, 2.05) is 36.4 Å². The Morgan fingerprint density at radius 3 is 2.19 bits per heavy atom. The molecule has 32 heavy (non-hydrogen) atoms. The van der Waals surface area contributed by atoms with Crippen molar-refractivity contribution in [3.05, 3.63) is 60.2 Å². The van der Waals surface area contributed by atoms with E-state index in [1.165, 1.54) is 0 Å². The minimum atomic E-state index is -3.93. The van der Waals surface area contributed by atoms with Crippen LogP contribution < -0.4 is 10.9 Å². The third kappa shape index (κ3) is 10.9. The molecule has 10 nitrogen and oxygen atoms in total. The van der Waals surface area contributed by atoms with Gasteiger partial charge < -0.3 is 14.4 Å². The van der Waals surface area contributed by atoms with Gasteiger partial charge in [-0.05, 0) is 68.4 Å². The number of hydrogen-bond donors (Lipinski definition) is 5. The maximum atomic E-state index is 8.90. The molecular formula is C20H27N7O3SSi. The summed E-state index contributed by atoms with van der Waals surface area (Å²) in [4.78, 5) is 39.5.